The van der Waals surface area contributed by atoms with Crippen molar-refractivity contribution in [3.8, 4) is 22.7 Å². The van der Waals surface area contributed by atoms with Crippen LogP contribution in [-0.4, -0.2) is 59.5 Å². The Morgan fingerprint density at radius 2 is 1.54 bits per heavy atom. The zero-order chi connectivity index (χ0) is 27.5. The molecule has 0 radical (unpaired) electrons. The Balaban J connectivity index is 1.39. The van der Waals surface area contributed by atoms with E-state index in [9.17, 15) is 18.4 Å². The van der Waals surface area contributed by atoms with E-state index in [1.807, 2.05) is 31.2 Å². The average molecular weight is 530 g/mol. The maximum Gasteiger partial charge on any atom is 0.255 e. The molecule has 1 fully saturated rings. The highest BCUT2D eigenvalue weighted by atomic mass is 19.1. The number of hydrogen-bond donors (Lipinski definition) is 0. The number of carbonyl (C=O) groups excluding carboxylic acids is 2. The van der Waals surface area contributed by atoms with Crippen LogP contribution in [0.5, 0.6) is 5.75 Å². The number of para-hydroxylation sites is 1. The summed E-state index contributed by atoms with van der Waals surface area (Å²) >= 11 is 0. The van der Waals surface area contributed by atoms with Crippen LogP contribution in [0.25, 0.3) is 16.9 Å². The van der Waals surface area contributed by atoms with Gasteiger partial charge in [0.15, 0.2) is 0 Å². The molecule has 4 aromatic rings. The van der Waals surface area contributed by atoms with Crippen LogP contribution in [0.3, 0.4) is 0 Å². The van der Waals surface area contributed by atoms with Gasteiger partial charge in [0.05, 0.1) is 30.5 Å². The molecule has 39 heavy (non-hydrogen) atoms. The molecule has 2 heterocycles. The number of methoxy groups -OCH3 is 1. The van der Waals surface area contributed by atoms with Gasteiger partial charge in [0.1, 0.15) is 17.4 Å². The number of halogens is 2. The fourth-order valence-corrected chi connectivity index (χ4v) is 4.98. The highest BCUT2D eigenvalue weighted by Gasteiger charge is 2.28. The summed E-state index contributed by atoms with van der Waals surface area (Å²) in [5, 5.41) is 0. The molecule has 6 nitrogen and oxygen atoms in total. The summed E-state index contributed by atoms with van der Waals surface area (Å²) in [5.74, 6) is -0.311. The summed E-state index contributed by atoms with van der Waals surface area (Å²) in [6.45, 7) is 3.38. The Morgan fingerprint density at radius 1 is 0.846 bits per heavy atom. The number of benzene rings is 3. The predicted molar refractivity (Wildman–Crippen MR) is 145 cm³/mol. The third kappa shape index (κ3) is 5.41. The molecule has 0 aliphatic carbocycles. The normalized spacial score (nSPS) is 13.4. The van der Waals surface area contributed by atoms with Crippen LogP contribution in [0.1, 0.15) is 21.6 Å². The van der Waals surface area contributed by atoms with Crippen LogP contribution in [-0.2, 0) is 11.2 Å². The van der Waals surface area contributed by atoms with Gasteiger partial charge in [0.2, 0.25) is 5.91 Å². The average Bonchev–Trinajstić information content (AvgIpc) is 3.31. The lowest BCUT2D eigenvalue weighted by molar-refractivity contribution is -0.131. The van der Waals surface area contributed by atoms with Crippen molar-refractivity contribution in [3.05, 3.63) is 107 Å². The lowest BCUT2D eigenvalue weighted by atomic mass is 10.1. The molecule has 1 aromatic heterocycles. The predicted octanol–water partition coefficient (Wildman–Crippen LogP) is 5.27. The Labute approximate surface area is 226 Å². The molecule has 2 amide bonds. The molecule has 8 heteroatoms. The SMILES string of the molecule is COc1cccc(-c2cc(C(=O)N3CCN(C(=O)Cc4ccc(F)cc4)CC3)c(C)n2-c2ccccc2F)c1. The molecule has 0 bridgehead atoms. The highest BCUT2D eigenvalue weighted by Crippen LogP contribution is 2.33. The van der Waals surface area contributed by atoms with E-state index in [0.29, 0.717) is 54.6 Å². The number of ether oxygens (including phenoxy) is 1. The topological polar surface area (TPSA) is 54.8 Å². The number of aromatic nitrogens is 1. The van der Waals surface area contributed by atoms with Crippen LogP contribution < -0.4 is 4.74 Å². The van der Waals surface area contributed by atoms with E-state index in [1.54, 1.807) is 57.9 Å². The van der Waals surface area contributed by atoms with E-state index in [0.717, 1.165) is 11.1 Å². The van der Waals surface area contributed by atoms with Gasteiger partial charge in [-0.15, -0.1) is 0 Å². The summed E-state index contributed by atoms with van der Waals surface area (Å²) in [6.07, 6.45) is 0.183. The van der Waals surface area contributed by atoms with E-state index in [2.05, 4.69) is 0 Å². The zero-order valence-corrected chi connectivity index (χ0v) is 21.9. The minimum Gasteiger partial charge on any atom is -0.497 e. The summed E-state index contributed by atoms with van der Waals surface area (Å²) in [5.41, 5.74) is 3.65. The van der Waals surface area contributed by atoms with Crippen molar-refractivity contribution in [1.82, 2.24) is 14.4 Å². The summed E-state index contributed by atoms with van der Waals surface area (Å²) < 4.78 is 35.3. The number of nitrogens with zero attached hydrogens (tertiary/aromatic N) is 3. The van der Waals surface area contributed by atoms with Gasteiger partial charge >= 0.3 is 0 Å². The quantitative estimate of drug-likeness (QED) is 0.342. The Hall–Kier alpha value is -4.46. The van der Waals surface area contributed by atoms with Crippen LogP contribution in [0.2, 0.25) is 0 Å². The van der Waals surface area contributed by atoms with Crippen LogP contribution >= 0.6 is 0 Å². The first-order chi connectivity index (χ1) is 18.9. The molecule has 1 aliphatic rings. The fourth-order valence-electron chi connectivity index (χ4n) is 4.98. The molecule has 200 valence electrons. The first-order valence-corrected chi connectivity index (χ1v) is 12.8. The van der Waals surface area contributed by atoms with Crippen molar-refractivity contribution in [3.63, 3.8) is 0 Å². The van der Waals surface area contributed by atoms with Gasteiger partial charge in [-0.3, -0.25) is 9.59 Å². The second kappa shape index (κ2) is 11.1. The van der Waals surface area contributed by atoms with Gasteiger partial charge in [-0.1, -0.05) is 36.4 Å². The molecule has 1 aliphatic heterocycles. The Morgan fingerprint density at radius 3 is 2.23 bits per heavy atom. The number of carbonyl (C=O) groups is 2. The van der Waals surface area contributed by atoms with E-state index in [1.165, 1.54) is 18.2 Å². The molecule has 1 saturated heterocycles. The molecule has 0 spiro atoms. The van der Waals surface area contributed by atoms with Crippen LogP contribution in [0.15, 0.2) is 78.9 Å². The van der Waals surface area contributed by atoms with E-state index >= 15 is 0 Å². The zero-order valence-electron chi connectivity index (χ0n) is 21.9. The standard InChI is InChI=1S/C31H29F2N3O3/c1-21-26(31(38)35-16-14-34(15-17-35)30(37)18-22-10-12-24(32)13-11-22)20-29(23-6-5-7-25(19-23)39-2)36(21)28-9-4-3-8-27(28)33/h3-13,19-20H,14-18H2,1-2H3. The fraction of sp³-hybridized carbons (Fsp3) is 0.226. The number of amides is 2. The maximum absolute atomic E-state index is 15.0. The number of hydrogen-bond acceptors (Lipinski definition) is 3. The van der Waals surface area contributed by atoms with E-state index in [-0.39, 0.29) is 24.1 Å². The number of rotatable bonds is 6. The molecule has 0 N–H and O–H groups in total. The van der Waals surface area contributed by atoms with Crippen molar-refractivity contribution in [1.29, 1.82) is 0 Å². The summed E-state index contributed by atoms with van der Waals surface area (Å²) in [7, 11) is 1.58. The van der Waals surface area contributed by atoms with Crippen molar-refractivity contribution >= 4 is 11.8 Å². The first kappa shape index (κ1) is 26.2. The van der Waals surface area contributed by atoms with Gasteiger partial charge in [-0.25, -0.2) is 8.78 Å². The molecule has 0 atom stereocenters. The van der Waals surface area contributed by atoms with E-state index < -0.39 is 5.82 Å². The van der Waals surface area contributed by atoms with Gasteiger partial charge in [-0.2, -0.15) is 0 Å². The lowest BCUT2D eigenvalue weighted by Gasteiger charge is -2.35. The minimum absolute atomic E-state index is 0.0593. The molecular weight excluding hydrogens is 500 g/mol. The monoisotopic (exact) mass is 529 g/mol. The highest BCUT2D eigenvalue weighted by molar-refractivity contribution is 5.97. The third-order valence-electron chi connectivity index (χ3n) is 7.12. The Kier molecular flexibility index (Phi) is 7.45. The number of piperazine rings is 1. The van der Waals surface area contributed by atoms with Gasteiger partial charge in [0, 0.05) is 37.4 Å². The summed E-state index contributed by atoms with van der Waals surface area (Å²) in [4.78, 5) is 29.9. The van der Waals surface area contributed by atoms with Gasteiger partial charge in [0.25, 0.3) is 5.91 Å². The van der Waals surface area contributed by atoms with Gasteiger partial charge < -0.3 is 19.1 Å². The molecule has 0 saturated carbocycles. The molecular formula is C31H29F2N3O3. The van der Waals surface area contributed by atoms with Crippen LogP contribution in [0.4, 0.5) is 8.78 Å². The molecule has 5 rings (SSSR count). The maximum atomic E-state index is 15.0. The van der Waals surface area contributed by atoms with E-state index in [4.69, 9.17) is 4.74 Å². The largest absolute Gasteiger partial charge is 0.497 e. The molecule has 3 aromatic carbocycles. The van der Waals surface area contributed by atoms with Crippen molar-refractivity contribution in [2.45, 2.75) is 13.3 Å². The van der Waals surface area contributed by atoms with Crippen molar-refractivity contribution < 1.29 is 23.1 Å². The van der Waals surface area contributed by atoms with Crippen LogP contribution in [0, 0.1) is 18.6 Å². The second-order valence-corrected chi connectivity index (χ2v) is 9.52. The summed E-state index contributed by atoms with van der Waals surface area (Å²) in [6, 6.07) is 21.6. The third-order valence-corrected chi connectivity index (χ3v) is 7.12. The lowest BCUT2D eigenvalue weighted by Crippen LogP contribution is -2.51. The molecule has 0 unspecified atom stereocenters. The second-order valence-electron chi connectivity index (χ2n) is 9.52. The van der Waals surface area contributed by atoms with Crippen molar-refractivity contribution in [2.24, 2.45) is 0 Å². The Bertz CT molecular complexity index is 1510. The van der Waals surface area contributed by atoms with Crippen molar-refractivity contribution in [2.75, 3.05) is 33.3 Å². The smallest absolute Gasteiger partial charge is 0.255 e. The van der Waals surface area contributed by atoms with Gasteiger partial charge in [-0.05, 0) is 55.0 Å². The minimum atomic E-state index is -0.396. The first-order valence-electron chi connectivity index (χ1n) is 12.8.